The van der Waals surface area contributed by atoms with Gasteiger partial charge < -0.3 is 14.0 Å². The molecule has 0 radical (unpaired) electrons. The number of halogens is 15. The summed E-state index contributed by atoms with van der Waals surface area (Å²) in [6.07, 6.45) is 0. The van der Waals surface area contributed by atoms with Gasteiger partial charge in [-0.2, -0.15) is 22.0 Å². The molecule has 0 aromatic heterocycles. The number of alkyl halides is 2. The van der Waals surface area contributed by atoms with Gasteiger partial charge >= 0.3 is 13.2 Å². The van der Waals surface area contributed by atoms with Gasteiger partial charge in [0.15, 0.2) is 63.9 Å². The topological polar surface area (TPSA) is 27.7 Å². The number of hydrogen-bond donors (Lipinski definition) is 0. The normalized spacial score (nSPS) is 13.1. The van der Waals surface area contributed by atoms with E-state index in [9.17, 15) is 57.1 Å². The van der Waals surface area contributed by atoms with Gasteiger partial charge in [-0.25, -0.2) is 43.9 Å². The van der Waals surface area contributed by atoms with Crippen LogP contribution in [0.3, 0.4) is 0 Å². The standard InChI is InChI=1S/C25H4BF15O3/c27-5-1-7(29)15(31)9(3-5)42-26(43-10-4-6(28)2-8(30)16(10)32)44-24-14-12(18(34)21(37)23(24)39)11-13(25(14,40)41)19(35)22(38)20(36)17(11)33/h1-4H. The Kier molecular flexibility index (Phi) is 7.32. The summed E-state index contributed by atoms with van der Waals surface area (Å²) in [6.45, 7) is 0. The highest BCUT2D eigenvalue weighted by molar-refractivity contribution is 6.39. The number of hydrogen-bond acceptors (Lipinski definition) is 3. The monoisotopic (exact) mass is 648 g/mol. The molecule has 19 heteroatoms. The van der Waals surface area contributed by atoms with Crippen LogP contribution in [-0.2, 0) is 5.92 Å². The van der Waals surface area contributed by atoms with E-state index in [1.54, 1.807) is 0 Å². The summed E-state index contributed by atoms with van der Waals surface area (Å²) < 4.78 is 229. The van der Waals surface area contributed by atoms with Crippen molar-refractivity contribution < 1.29 is 79.8 Å². The third-order valence-electron chi connectivity index (χ3n) is 6.01. The van der Waals surface area contributed by atoms with Crippen LogP contribution in [-0.4, -0.2) is 7.32 Å². The van der Waals surface area contributed by atoms with Gasteiger partial charge in [0.1, 0.15) is 23.1 Å². The van der Waals surface area contributed by atoms with E-state index in [1.807, 2.05) is 0 Å². The zero-order valence-corrected chi connectivity index (χ0v) is 20.3. The fourth-order valence-electron chi connectivity index (χ4n) is 4.18. The second-order valence-electron chi connectivity index (χ2n) is 8.64. The second-order valence-corrected chi connectivity index (χ2v) is 8.64. The van der Waals surface area contributed by atoms with Crippen LogP contribution < -0.4 is 14.0 Å². The largest absolute Gasteiger partial charge is 0.864 e. The predicted octanol–water partition coefficient (Wildman–Crippen LogP) is 8.14. The van der Waals surface area contributed by atoms with Gasteiger partial charge in [-0.1, -0.05) is 0 Å². The summed E-state index contributed by atoms with van der Waals surface area (Å²) in [5.74, 6) is -42.1. The Morgan fingerprint density at radius 3 is 1.32 bits per heavy atom. The summed E-state index contributed by atoms with van der Waals surface area (Å²) in [5.41, 5.74) is -9.16. The van der Waals surface area contributed by atoms with E-state index < -0.39 is 128 Å². The smallest absolute Gasteiger partial charge is 0.487 e. The lowest BCUT2D eigenvalue weighted by molar-refractivity contribution is 0.0401. The van der Waals surface area contributed by atoms with Crippen molar-refractivity contribution in [3.05, 3.63) is 111 Å². The fraction of sp³-hybridized carbons (Fsp3) is 0.0400. The van der Waals surface area contributed by atoms with Gasteiger partial charge in [-0.05, 0) is 0 Å². The molecule has 4 aromatic carbocycles. The van der Waals surface area contributed by atoms with Crippen LogP contribution in [0.2, 0.25) is 0 Å². The molecule has 1 aliphatic rings. The first kappa shape index (κ1) is 30.7. The maximum absolute atomic E-state index is 15.4. The lowest BCUT2D eigenvalue weighted by atomic mass is 10.0. The van der Waals surface area contributed by atoms with E-state index in [2.05, 4.69) is 14.0 Å². The molecule has 0 saturated heterocycles. The van der Waals surface area contributed by atoms with Crippen molar-refractivity contribution in [1.29, 1.82) is 0 Å². The highest BCUT2D eigenvalue weighted by atomic mass is 19.3. The first-order valence-corrected chi connectivity index (χ1v) is 11.2. The van der Waals surface area contributed by atoms with E-state index in [4.69, 9.17) is 0 Å². The van der Waals surface area contributed by atoms with Gasteiger partial charge in [-0.3, -0.25) is 0 Å². The number of rotatable bonds is 6. The van der Waals surface area contributed by atoms with Crippen LogP contribution in [0.5, 0.6) is 17.2 Å². The lowest BCUT2D eigenvalue weighted by Crippen LogP contribution is -2.39. The van der Waals surface area contributed by atoms with Gasteiger partial charge in [0.25, 0.3) is 0 Å². The van der Waals surface area contributed by atoms with Crippen LogP contribution in [0.1, 0.15) is 11.1 Å². The molecule has 4 aromatic rings. The summed E-state index contributed by atoms with van der Waals surface area (Å²) in [4.78, 5) is 0. The molecule has 0 saturated carbocycles. The average molecular weight is 648 g/mol. The number of fused-ring (bicyclic) bond motifs is 3. The Bertz CT molecular complexity index is 1820. The first-order valence-electron chi connectivity index (χ1n) is 11.2. The zero-order chi connectivity index (χ0) is 32.6. The second kappa shape index (κ2) is 10.5. The molecule has 3 nitrogen and oxygen atoms in total. The minimum absolute atomic E-state index is 0.00651. The van der Waals surface area contributed by atoms with E-state index in [0.717, 1.165) is 0 Å². The molecule has 0 heterocycles. The lowest BCUT2D eigenvalue weighted by Gasteiger charge is -2.22. The van der Waals surface area contributed by atoms with E-state index in [0.29, 0.717) is 0 Å². The first-order chi connectivity index (χ1) is 20.5. The minimum atomic E-state index is -5.33. The highest BCUT2D eigenvalue weighted by Crippen LogP contribution is 2.58. The van der Waals surface area contributed by atoms with Crippen molar-refractivity contribution in [1.82, 2.24) is 0 Å². The molecule has 230 valence electrons. The van der Waals surface area contributed by atoms with E-state index in [-0.39, 0.29) is 24.3 Å². The predicted molar refractivity (Wildman–Crippen MR) is 115 cm³/mol. The van der Waals surface area contributed by atoms with E-state index >= 15 is 8.78 Å². The van der Waals surface area contributed by atoms with Crippen LogP contribution in [0.15, 0.2) is 24.3 Å². The molecule has 0 bridgehead atoms. The Hall–Kier alpha value is -4.71. The fourth-order valence-corrected chi connectivity index (χ4v) is 4.18. The molecule has 5 rings (SSSR count). The third-order valence-corrected chi connectivity index (χ3v) is 6.01. The van der Waals surface area contributed by atoms with Crippen LogP contribution in [0.4, 0.5) is 65.9 Å². The summed E-state index contributed by atoms with van der Waals surface area (Å²) >= 11 is 0. The number of benzene rings is 4. The maximum atomic E-state index is 15.4. The summed E-state index contributed by atoms with van der Waals surface area (Å²) in [5, 5.41) is 0. The van der Waals surface area contributed by atoms with Crippen molar-refractivity contribution in [2.45, 2.75) is 5.92 Å². The van der Waals surface area contributed by atoms with Crippen molar-refractivity contribution in [3.63, 3.8) is 0 Å². The Morgan fingerprint density at radius 1 is 0.432 bits per heavy atom. The van der Waals surface area contributed by atoms with Gasteiger partial charge in [0.05, 0.1) is 11.1 Å². The van der Waals surface area contributed by atoms with Gasteiger partial charge in [-0.15, -0.1) is 0 Å². The van der Waals surface area contributed by atoms with Crippen molar-refractivity contribution in [2.75, 3.05) is 0 Å². The van der Waals surface area contributed by atoms with Gasteiger partial charge in [0.2, 0.25) is 5.82 Å². The third kappa shape index (κ3) is 4.60. The molecular formula is C25H4BF15O3. The highest BCUT2D eigenvalue weighted by Gasteiger charge is 2.56. The molecule has 0 N–H and O–H groups in total. The SMILES string of the molecule is Fc1cc(F)c(F)c(OB(Oc2cc(F)cc(F)c2F)Oc2c(F)c(F)c(F)c3c2C(F)(F)c2c(F)c(F)c(F)c(F)c2-3)c1. The Morgan fingerprint density at radius 2 is 0.841 bits per heavy atom. The quantitative estimate of drug-likeness (QED) is 0.0916. The average Bonchev–Trinajstić information content (AvgIpc) is 3.19. The molecule has 0 spiro atoms. The Balaban J connectivity index is 1.75. The molecule has 0 fully saturated rings. The van der Waals surface area contributed by atoms with Gasteiger partial charge in [0, 0.05) is 35.4 Å². The summed E-state index contributed by atoms with van der Waals surface area (Å²) in [7, 11) is -3.34. The Labute approximate surface area is 233 Å². The summed E-state index contributed by atoms with van der Waals surface area (Å²) in [6, 6.07) is -0.149. The van der Waals surface area contributed by atoms with E-state index in [1.165, 1.54) is 0 Å². The van der Waals surface area contributed by atoms with Crippen molar-refractivity contribution in [3.8, 4) is 28.4 Å². The maximum Gasteiger partial charge on any atom is 0.864 e. The van der Waals surface area contributed by atoms with Crippen LogP contribution >= 0.6 is 0 Å². The molecule has 0 aliphatic heterocycles. The molecule has 0 atom stereocenters. The molecule has 1 aliphatic carbocycles. The van der Waals surface area contributed by atoms with Crippen molar-refractivity contribution >= 4 is 7.32 Å². The minimum Gasteiger partial charge on any atom is -0.487 e. The molecule has 44 heavy (non-hydrogen) atoms. The molecule has 0 amide bonds. The molecule has 0 unspecified atom stereocenters. The van der Waals surface area contributed by atoms with Crippen LogP contribution in [0.25, 0.3) is 11.1 Å². The van der Waals surface area contributed by atoms with Crippen LogP contribution in [0, 0.1) is 75.6 Å². The molecular weight excluding hydrogens is 644 g/mol. The zero-order valence-electron chi connectivity index (χ0n) is 20.3. The van der Waals surface area contributed by atoms with Crippen molar-refractivity contribution in [2.24, 2.45) is 0 Å².